The fraction of sp³-hybridized carbons (Fsp3) is 0.875. The average molecular weight is 197 g/mol. The summed E-state index contributed by atoms with van der Waals surface area (Å²) in [4.78, 5) is 10.7. The third-order valence-electron chi connectivity index (χ3n) is 1.49. The van der Waals surface area contributed by atoms with E-state index in [-0.39, 0.29) is 6.04 Å². The van der Waals surface area contributed by atoms with Gasteiger partial charge in [0, 0.05) is 6.04 Å². The van der Waals surface area contributed by atoms with Gasteiger partial charge in [0.15, 0.2) is 0 Å². The summed E-state index contributed by atoms with van der Waals surface area (Å²) >= 11 is 0. The molecule has 0 aliphatic carbocycles. The molecule has 5 heteroatoms. The highest BCUT2D eigenvalue weighted by Crippen LogP contribution is 2.19. The lowest BCUT2D eigenvalue weighted by atomic mass is 10.2. The van der Waals surface area contributed by atoms with Crippen molar-refractivity contribution in [3.8, 4) is 0 Å². The Kier molecular flexibility index (Phi) is 4.80. The van der Waals surface area contributed by atoms with E-state index >= 15 is 0 Å². The van der Waals surface area contributed by atoms with Gasteiger partial charge in [-0.15, -0.1) is 0 Å². The fourth-order valence-corrected chi connectivity index (χ4v) is 1.01. The lowest BCUT2D eigenvalue weighted by Gasteiger charge is -2.13. The minimum atomic E-state index is -4.41. The number of alkyl halides is 3. The zero-order chi connectivity index (χ0) is 10.5. The normalized spacial score (nSPS) is 13.9. The highest BCUT2D eigenvalue weighted by molar-refractivity contribution is 5.76. The van der Waals surface area contributed by atoms with E-state index < -0.39 is 18.5 Å². The summed E-state index contributed by atoms with van der Waals surface area (Å²) in [5.74, 6) is -0.951. The van der Waals surface area contributed by atoms with Crippen molar-refractivity contribution in [2.45, 2.75) is 45.3 Å². The Morgan fingerprint density at radius 2 is 2.00 bits per heavy atom. The molecule has 0 saturated carbocycles. The van der Waals surface area contributed by atoms with E-state index in [2.05, 4.69) is 5.32 Å². The summed E-state index contributed by atoms with van der Waals surface area (Å²) in [7, 11) is 0. The third kappa shape index (κ3) is 7.62. The molecule has 0 aromatic heterocycles. The first kappa shape index (κ1) is 12.3. The second kappa shape index (κ2) is 5.09. The summed E-state index contributed by atoms with van der Waals surface area (Å²) in [6.45, 7) is 3.60. The molecule has 0 bridgehead atoms. The van der Waals surface area contributed by atoms with Crippen LogP contribution in [0.1, 0.15) is 33.1 Å². The molecular formula is C8H14F3NO. The number of hydrogen-bond donors (Lipinski definition) is 1. The maximum atomic E-state index is 11.7. The Labute approximate surface area is 75.5 Å². The minimum absolute atomic E-state index is 0.181. The summed E-state index contributed by atoms with van der Waals surface area (Å²) in [6.07, 6.45) is -4.26. The molecule has 0 aromatic rings. The van der Waals surface area contributed by atoms with Gasteiger partial charge in [-0.3, -0.25) is 4.79 Å². The monoisotopic (exact) mass is 197 g/mol. The molecule has 0 spiro atoms. The summed E-state index contributed by atoms with van der Waals surface area (Å²) < 4.78 is 35.0. The Morgan fingerprint density at radius 3 is 2.38 bits per heavy atom. The van der Waals surface area contributed by atoms with Gasteiger partial charge in [-0.2, -0.15) is 13.2 Å². The van der Waals surface area contributed by atoms with Crippen molar-refractivity contribution in [3.63, 3.8) is 0 Å². The third-order valence-corrected chi connectivity index (χ3v) is 1.49. The maximum absolute atomic E-state index is 11.7. The van der Waals surface area contributed by atoms with Gasteiger partial charge >= 0.3 is 6.18 Å². The van der Waals surface area contributed by atoms with E-state index in [0.717, 1.165) is 6.42 Å². The number of rotatable bonds is 4. The van der Waals surface area contributed by atoms with Crippen LogP contribution >= 0.6 is 0 Å². The van der Waals surface area contributed by atoms with Crippen LogP contribution in [0.3, 0.4) is 0 Å². The molecule has 13 heavy (non-hydrogen) atoms. The van der Waals surface area contributed by atoms with Gasteiger partial charge < -0.3 is 5.32 Å². The molecule has 0 saturated heterocycles. The molecule has 0 fully saturated rings. The second-order valence-electron chi connectivity index (χ2n) is 3.05. The SMILES string of the molecule is CCCC(C)NC(=O)CC(F)(F)F. The minimum Gasteiger partial charge on any atom is -0.353 e. The van der Waals surface area contributed by atoms with Crippen LogP contribution in [0.25, 0.3) is 0 Å². The standard InChI is InChI=1S/C8H14F3NO/c1-3-4-6(2)12-7(13)5-8(9,10)11/h6H,3-5H2,1-2H3,(H,12,13). The summed E-state index contributed by atoms with van der Waals surface area (Å²) in [6, 6.07) is -0.181. The van der Waals surface area contributed by atoms with Gasteiger partial charge in [0.25, 0.3) is 0 Å². The Balaban J connectivity index is 3.74. The molecule has 78 valence electrons. The van der Waals surface area contributed by atoms with Crippen LogP contribution in [0.5, 0.6) is 0 Å². The van der Waals surface area contributed by atoms with Crippen molar-refractivity contribution in [1.29, 1.82) is 0 Å². The predicted molar refractivity (Wildman–Crippen MR) is 43.2 cm³/mol. The molecule has 0 aliphatic rings. The van der Waals surface area contributed by atoms with Crippen LogP contribution in [0, 0.1) is 0 Å². The first-order chi connectivity index (χ1) is 5.85. The molecule has 1 unspecified atom stereocenters. The van der Waals surface area contributed by atoms with E-state index in [9.17, 15) is 18.0 Å². The first-order valence-electron chi connectivity index (χ1n) is 4.21. The fourth-order valence-electron chi connectivity index (χ4n) is 1.01. The quantitative estimate of drug-likeness (QED) is 0.735. The zero-order valence-corrected chi connectivity index (χ0v) is 7.74. The lowest BCUT2D eigenvalue weighted by Crippen LogP contribution is -2.35. The Morgan fingerprint density at radius 1 is 1.46 bits per heavy atom. The molecule has 0 aromatic carbocycles. The Hall–Kier alpha value is -0.740. The Bertz CT molecular complexity index is 167. The van der Waals surface area contributed by atoms with E-state index in [1.807, 2.05) is 6.92 Å². The maximum Gasteiger partial charge on any atom is 0.397 e. The van der Waals surface area contributed by atoms with Crippen molar-refractivity contribution in [1.82, 2.24) is 5.32 Å². The molecule has 0 rings (SSSR count). The van der Waals surface area contributed by atoms with Gasteiger partial charge in [-0.1, -0.05) is 13.3 Å². The van der Waals surface area contributed by atoms with Crippen molar-refractivity contribution >= 4 is 5.91 Å². The van der Waals surface area contributed by atoms with E-state index in [1.54, 1.807) is 6.92 Å². The smallest absolute Gasteiger partial charge is 0.353 e. The lowest BCUT2D eigenvalue weighted by molar-refractivity contribution is -0.154. The van der Waals surface area contributed by atoms with Crippen LogP contribution in [-0.2, 0) is 4.79 Å². The van der Waals surface area contributed by atoms with Gasteiger partial charge in [0.1, 0.15) is 6.42 Å². The predicted octanol–water partition coefficient (Wildman–Crippen LogP) is 2.24. The number of hydrogen-bond acceptors (Lipinski definition) is 1. The van der Waals surface area contributed by atoms with Crippen LogP contribution in [0.15, 0.2) is 0 Å². The largest absolute Gasteiger partial charge is 0.397 e. The highest BCUT2D eigenvalue weighted by atomic mass is 19.4. The van der Waals surface area contributed by atoms with Crippen molar-refractivity contribution in [2.24, 2.45) is 0 Å². The van der Waals surface area contributed by atoms with Gasteiger partial charge in [-0.05, 0) is 13.3 Å². The van der Waals surface area contributed by atoms with Crippen molar-refractivity contribution < 1.29 is 18.0 Å². The molecule has 1 atom stereocenters. The molecule has 1 amide bonds. The van der Waals surface area contributed by atoms with E-state index in [0.29, 0.717) is 6.42 Å². The van der Waals surface area contributed by atoms with E-state index in [1.165, 1.54) is 0 Å². The van der Waals surface area contributed by atoms with Crippen molar-refractivity contribution in [3.05, 3.63) is 0 Å². The van der Waals surface area contributed by atoms with Gasteiger partial charge in [0.2, 0.25) is 5.91 Å². The average Bonchev–Trinajstić information content (AvgIpc) is 1.81. The van der Waals surface area contributed by atoms with E-state index in [4.69, 9.17) is 0 Å². The zero-order valence-electron chi connectivity index (χ0n) is 7.74. The molecule has 1 N–H and O–H groups in total. The summed E-state index contributed by atoms with van der Waals surface area (Å²) in [5.41, 5.74) is 0. The number of amides is 1. The second-order valence-corrected chi connectivity index (χ2v) is 3.05. The number of carbonyl (C=O) groups excluding carboxylic acids is 1. The summed E-state index contributed by atoms with van der Waals surface area (Å²) in [5, 5.41) is 2.28. The number of carbonyl (C=O) groups is 1. The van der Waals surface area contributed by atoms with Gasteiger partial charge in [-0.25, -0.2) is 0 Å². The van der Waals surface area contributed by atoms with Gasteiger partial charge in [0.05, 0.1) is 0 Å². The van der Waals surface area contributed by atoms with Crippen LogP contribution in [0.4, 0.5) is 13.2 Å². The molecule has 0 radical (unpaired) electrons. The number of halogens is 3. The van der Waals surface area contributed by atoms with Crippen LogP contribution < -0.4 is 5.32 Å². The van der Waals surface area contributed by atoms with Crippen LogP contribution in [-0.4, -0.2) is 18.1 Å². The number of nitrogens with one attached hydrogen (secondary N) is 1. The molecule has 0 heterocycles. The molecular weight excluding hydrogens is 183 g/mol. The van der Waals surface area contributed by atoms with Crippen molar-refractivity contribution in [2.75, 3.05) is 0 Å². The molecule has 0 aliphatic heterocycles. The topological polar surface area (TPSA) is 29.1 Å². The highest BCUT2D eigenvalue weighted by Gasteiger charge is 2.31. The molecule has 2 nitrogen and oxygen atoms in total. The first-order valence-corrected chi connectivity index (χ1v) is 4.21. The van der Waals surface area contributed by atoms with Crippen LogP contribution in [0.2, 0.25) is 0 Å².